The molecule has 0 aromatic heterocycles. The van der Waals surface area contributed by atoms with Crippen LogP contribution < -0.4 is 0 Å². The first-order chi connectivity index (χ1) is 9.69. The Hall–Kier alpha value is -1.34. The molecule has 1 unspecified atom stereocenters. The molecule has 0 radical (unpaired) electrons. The lowest BCUT2D eigenvalue weighted by atomic mass is 9.92. The van der Waals surface area contributed by atoms with Crippen LogP contribution in [0.2, 0.25) is 0 Å². The number of likely N-dealkylation sites (tertiary alicyclic amines) is 1. The number of aliphatic hydroxyl groups excluding tert-OH is 2. The standard InChI is InChI=1S/C17H23NO2/c1-14(20)17-8-10-18(11-9-17)13-16-6-4-15(5-7-16)3-2-12-19/h4-7,14,17,19-20H,8-13H2,1H3. The molecule has 108 valence electrons. The monoisotopic (exact) mass is 273 g/mol. The first-order valence-corrected chi connectivity index (χ1v) is 7.28. The topological polar surface area (TPSA) is 43.7 Å². The van der Waals surface area contributed by atoms with Gasteiger partial charge in [-0.25, -0.2) is 0 Å². The Balaban J connectivity index is 1.85. The molecule has 0 spiro atoms. The van der Waals surface area contributed by atoms with Gasteiger partial charge in [-0.05, 0) is 56.5 Å². The van der Waals surface area contributed by atoms with Gasteiger partial charge in [0.2, 0.25) is 0 Å². The van der Waals surface area contributed by atoms with E-state index >= 15 is 0 Å². The molecule has 0 amide bonds. The van der Waals surface area contributed by atoms with Crippen molar-refractivity contribution in [2.75, 3.05) is 19.7 Å². The lowest BCUT2D eigenvalue weighted by molar-refractivity contribution is 0.0695. The second kappa shape index (κ2) is 7.44. The zero-order chi connectivity index (χ0) is 14.4. The molecule has 2 rings (SSSR count). The van der Waals surface area contributed by atoms with Crippen LogP contribution in [-0.2, 0) is 6.54 Å². The van der Waals surface area contributed by atoms with Crippen LogP contribution in [0.1, 0.15) is 30.9 Å². The molecule has 2 N–H and O–H groups in total. The molecule has 0 bridgehead atoms. The van der Waals surface area contributed by atoms with Gasteiger partial charge in [0, 0.05) is 12.1 Å². The van der Waals surface area contributed by atoms with Crippen molar-refractivity contribution in [2.45, 2.75) is 32.4 Å². The van der Waals surface area contributed by atoms with Crippen molar-refractivity contribution in [3.8, 4) is 11.8 Å². The Labute approximate surface area is 121 Å². The summed E-state index contributed by atoms with van der Waals surface area (Å²) in [5.41, 5.74) is 2.23. The molecule has 1 fully saturated rings. The molecule has 1 atom stereocenters. The molecule has 0 aliphatic carbocycles. The average Bonchev–Trinajstić information content (AvgIpc) is 2.47. The third-order valence-electron chi connectivity index (χ3n) is 3.99. The summed E-state index contributed by atoms with van der Waals surface area (Å²) in [5, 5.41) is 18.3. The molecule has 1 aromatic carbocycles. The van der Waals surface area contributed by atoms with Crippen molar-refractivity contribution in [1.29, 1.82) is 0 Å². The maximum Gasteiger partial charge on any atom is 0.104 e. The van der Waals surface area contributed by atoms with Gasteiger partial charge < -0.3 is 10.2 Å². The second-order valence-corrected chi connectivity index (χ2v) is 5.51. The summed E-state index contributed by atoms with van der Waals surface area (Å²) in [6, 6.07) is 8.20. The minimum atomic E-state index is -0.179. The van der Waals surface area contributed by atoms with E-state index in [0.717, 1.165) is 38.0 Å². The van der Waals surface area contributed by atoms with E-state index in [4.69, 9.17) is 5.11 Å². The summed E-state index contributed by atoms with van der Waals surface area (Å²) in [6.07, 6.45) is 1.98. The number of piperidine rings is 1. The van der Waals surface area contributed by atoms with Crippen molar-refractivity contribution in [1.82, 2.24) is 4.90 Å². The van der Waals surface area contributed by atoms with E-state index in [1.54, 1.807) is 0 Å². The first-order valence-electron chi connectivity index (χ1n) is 7.28. The molecule has 3 heteroatoms. The lowest BCUT2D eigenvalue weighted by Crippen LogP contribution is -2.36. The Kier molecular flexibility index (Phi) is 5.60. The van der Waals surface area contributed by atoms with Gasteiger partial charge in [0.05, 0.1) is 6.10 Å². The first kappa shape index (κ1) is 15.1. The van der Waals surface area contributed by atoms with E-state index < -0.39 is 0 Å². The van der Waals surface area contributed by atoms with Crippen LogP contribution in [0.5, 0.6) is 0 Å². The van der Waals surface area contributed by atoms with E-state index in [2.05, 4.69) is 28.9 Å². The lowest BCUT2D eigenvalue weighted by Gasteiger charge is -2.33. The summed E-state index contributed by atoms with van der Waals surface area (Å²) < 4.78 is 0. The number of benzene rings is 1. The normalized spacial score (nSPS) is 18.4. The zero-order valence-corrected chi connectivity index (χ0v) is 12.0. The van der Waals surface area contributed by atoms with Crippen molar-refractivity contribution >= 4 is 0 Å². The van der Waals surface area contributed by atoms with Gasteiger partial charge in [0.1, 0.15) is 6.61 Å². The molecule has 3 nitrogen and oxygen atoms in total. The minimum absolute atomic E-state index is 0.0972. The number of nitrogens with zero attached hydrogens (tertiary/aromatic N) is 1. The predicted octanol–water partition coefficient (Wildman–Crippen LogP) is 1.62. The highest BCUT2D eigenvalue weighted by Crippen LogP contribution is 2.21. The molecule has 0 saturated carbocycles. The fraction of sp³-hybridized carbons (Fsp3) is 0.529. The molecule has 1 heterocycles. The van der Waals surface area contributed by atoms with Crippen molar-refractivity contribution in [2.24, 2.45) is 5.92 Å². The van der Waals surface area contributed by atoms with E-state index in [1.165, 1.54) is 5.56 Å². The summed E-state index contributed by atoms with van der Waals surface area (Å²) in [7, 11) is 0. The highest BCUT2D eigenvalue weighted by atomic mass is 16.3. The van der Waals surface area contributed by atoms with Gasteiger partial charge in [-0.15, -0.1) is 0 Å². The fourth-order valence-electron chi connectivity index (χ4n) is 2.69. The summed E-state index contributed by atoms with van der Waals surface area (Å²) >= 11 is 0. The summed E-state index contributed by atoms with van der Waals surface area (Å²) in [4.78, 5) is 2.44. The van der Waals surface area contributed by atoms with Gasteiger partial charge >= 0.3 is 0 Å². The maximum absolute atomic E-state index is 9.61. The quantitative estimate of drug-likeness (QED) is 0.823. The average molecular weight is 273 g/mol. The van der Waals surface area contributed by atoms with Crippen molar-refractivity contribution in [3.05, 3.63) is 35.4 Å². The SMILES string of the molecule is CC(O)C1CCN(Cc2ccc(C#CCO)cc2)CC1. The zero-order valence-electron chi connectivity index (χ0n) is 12.0. The van der Waals surface area contributed by atoms with Crippen LogP contribution in [0.3, 0.4) is 0 Å². The van der Waals surface area contributed by atoms with Gasteiger partial charge in [0.25, 0.3) is 0 Å². The predicted molar refractivity (Wildman–Crippen MR) is 80.1 cm³/mol. The van der Waals surface area contributed by atoms with Crippen LogP contribution in [-0.4, -0.2) is 40.9 Å². The minimum Gasteiger partial charge on any atom is -0.393 e. The smallest absolute Gasteiger partial charge is 0.104 e. The maximum atomic E-state index is 9.61. The Morgan fingerprint density at radius 1 is 1.25 bits per heavy atom. The third kappa shape index (κ3) is 4.35. The molecular formula is C17H23NO2. The van der Waals surface area contributed by atoms with Crippen LogP contribution in [0.25, 0.3) is 0 Å². The Bertz CT molecular complexity index is 462. The van der Waals surface area contributed by atoms with E-state index in [-0.39, 0.29) is 12.7 Å². The van der Waals surface area contributed by atoms with Crippen molar-refractivity contribution < 1.29 is 10.2 Å². The number of hydrogen-bond acceptors (Lipinski definition) is 3. The third-order valence-corrected chi connectivity index (χ3v) is 3.99. The van der Waals surface area contributed by atoms with Crippen LogP contribution in [0.15, 0.2) is 24.3 Å². The van der Waals surface area contributed by atoms with Crippen molar-refractivity contribution in [3.63, 3.8) is 0 Å². The molecular weight excluding hydrogens is 250 g/mol. The summed E-state index contributed by atoms with van der Waals surface area (Å²) in [6.45, 7) is 4.87. The van der Waals surface area contributed by atoms with E-state index in [1.807, 2.05) is 19.1 Å². The van der Waals surface area contributed by atoms with Gasteiger partial charge in [-0.1, -0.05) is 24.0 Å². The van der Waals surface area contributed by atoms with Gasteiger partial charge in [0.15, 0.2) is 0 Å². The van der Waals surface area contributed by atoms with Crippen LogP contribution in [0, 0.1) is 17.8 Å². The number of aliphatic hydroxyl groups is 2. The number of hydrogen-bond donors (Lipinski definition) is 2. The Morgan fingerprint density at radius 3 is 2.45 bits per heavy atom. The van der Waals surface area contributed by atoms with Gasteiger partial charge in [-0.2, -0.15) is 0 Å². The largest absolute Gasteiger partial charge is 0.393 e. The molecule has 1 aromatic rings. The van der Waals surface area contributed by atoms with E-state index in [9.17, 15) is 5.11 Å². The fourth-order valence-corrected chi connectivity index (χ4v) is 2.69. The summed E-state index contributed by atoms with van der Waals surface area (Å²) in [5.74, 6) is 6.01. The molecule has 1 aliphatic rings. The van der Waals surface area contributed by atoms with Crippen LogP contribution in [0.4, 0.5) is 0 Å². The molecule has 20 heavy (non-hydrogen) atoms. The second-order valence-electron chi connectivity index (χ2n) is 5.51. The number of rotatable bonds is 3. The Morgan fingerprint density at radius 2 is 1.90 bits per heavy atom. The molecule has 1 aliphatic heterocycles. The van der Waals surface area contributed by atoms with Crippen LogP contribution >= 0.6 is 0 Å². The highest BCUT2D eigenvalue weighted by Gasteiger charge is 2.22. The van der Waals surface area contributed by atoms with Gasteiger partial charge in [-0.3, -0.25) is 4.90 Å². The molecule has 1 saturated heterocycles. The highest BCUT2D eigenvalue weighted by molar-refractivity contribution is 5.36. The van der Waals surface area contributed by atoms with E-state index in [0.29, 0.717) is 5.92 Å².